The number of amides is 1. The molecule has 8 heteroatoms. The van der Waals surface area contributed by atoms with Crippen LogP contribution in [0.3, 0.4) is 0 Å². The Kier molecular flexibility index (Phi) is 4.52. The first kappa shape index (κ1) is 16.3. The normalized spacial score (nSPS) is 20.8. The van der Waals surface area contributed by atoms with Crippen LogP contribution in [0.5, 0.6) is 0 Å². The lowest BCUT2D eigenvalue weighted by Gasteiger charge is -2.32. The molecule has 1 amide bonds. The second kappa shape index (κ2) is 6.95. The summed E-state index contributed by atoms with van der Waals surface area (Å²) in [6.07, 6.45) is 8.17. The van der Waals surface area contributed by atoms with Crippen LogP contribution in [0, 0.1) is 0 Å². The zero-order chi connectivity index (χ0) is 17.2. The van der Waals surface area contributed by atoms with E-state index >= 15 is 0 Å². The van der Waals surface area contributed by atoms with Crippen LogP contribution in [-0.2, 0) is 18.2 Å². The highest BCUT2D eigenvalue weighted by molar-refractivity contribution is 5.92. The number of aryl methyl sites for hydroxylation is 1. The fourth-order valence-corrected chi connectivity index (χ4v) is 3.17. The van der Waals surface area contributed by atoms with Crippen LogP contribution in [0.25, 0.3) is 0 Å². The van der Waals surface area contributed by atoms with Crippen LogP contribution in [0.1, 0.15) is 53.8 Å². The molecule has 3 heterocycles. The summed E-state index contributed by atoms with van der Waals surface area (Å²) in [5.41, 5.74) is 0.611. The van der Waals surface area contributed by atoms with Crippen molar-refractivity contribution in [3.63, 3.8) is 0 Å². The second-order valence-corrected chi connectivity index (χ2v) is 6.85. The molecule has 1 aliphatic heterocycles. The molecule has 1 atom stereocenters. The zero-order valence-electron chi connectivity index (χ0n) is 14.4. The van der Waals surface area contributed by atoms with Crippen molar-refractivity contribution in [3.8, 4) is 0 Å². The topological polar surface area (TPSA) is 86.3 Å². The van der Waals surface area contributed by atoms with Gasteiger partial charge in [0.15, 0.2) is 5.82 Å². The number of piperidine rings is 1. The van der Waals surface area contributed by atoms with Gasteiger partial charge in [-0.05, 0) is 25.7 Å². The lowest BCUT2D eigenvalue weighted by molar-refractivity contribution is 0.00220. The summed E-state index contributed by atoms with van der Waals surface area (Å²) in [5.74, 6) is 1.97. The summed E-state index contributed by atoms with van der Waals surface area (Å²) in [6.45, 7) is 1.92. The van der Waals surface area contributed by atoms with Gasteiger partial charge in [0.05, 0.1) is 25.2 Å². The Morgan fingerprint density at radius 2 is 2.28 bits per heavy atom. The second-order valence-electron chi connectivity index (χ2n) is 6.85. The monoisotopic (exact) mass is 345 g/mol. The van der Waals surface area contributed by atoms with Crippen LogP contribution in [-0.4, -0.2) is 56.3 Å². The van der Waals surface area contributed by atoms with Crippen molar-refractivity contribution in [2.45, 2.75) is 44.1 Å². The number of carbonyl (C=O) groups is 1. The number of aromatic nitrogens is 4. The number of ether oxygens (including phenoxy) is 1. The van der Waals surface area contributed by atoms with E-state index in [1.54, 1.807) is 17.1 Å². The maximum atomic E-state index is 12.6. The molecule has 2 aromatic rings. The molecule has 0 spiro atoms. The van der Waals surface area contributed by atoms with Gasteiger partial charge in [-0.15, -0.1) is 0 Å². The van der Waals surface area contributed by atoms with E-state index in [2.05, 4.69) is 15.1 Å². The predicted molar refractivity (Wildman–Crippen MR) is 88.1 cm³/mol. The minimum atomic E-state index is 0.0144. The molecule has 2 aromatic heterocycles. The van der Waals surface area contributed by atoms with Gasteiger partial charge in [-0.25, -0.2) is 4.98 Å². The number of likely N-dealkylation sites (tertiary alicyclic amines) is 1. The third kappa shape index (κ3) is 3.73. The van der Waals surface area contributed by atoms with Crippen LogP contribution in [0.15, 0.2) is 17.0 Å². The number of imidazole rings is 1. The third-order valence-corrected chi connectivity index (χ3v) is 4.79. The zero-order valence-corrected chi connectivity index (χ0v) is 14.4. The number of rotatable bonds is 6. The Labute approximate surface area is 146 Å². The molecule has 4 rings (SSSR count). The van der Waals surface area contributed by atoms with E-state index in [1.807, 2.05) is 11.9 Å². The molecule has 1 aliphatic carbocycles. The van der Waals surface area contributed by atoms with Crippen molar-refractivity contribution in [1.82, 2.24) is 24.6 Å². The summed E-state index contributed by atoms with van der Waals surface area (Å²) >= 11 is 0. The van der Waals surface area contributed by atoms with Crippen LogP contribution >= 0.6 is 0 Å². The molecule has 0 N–H and O–H groups in total. The predicted octanol–water partition coefficient (Wildman–Crippen LogP) is 1.54. The molecule has 25 heavy (non-hydrogen) atoms. The summed E-state index contributed by atoms with van der Waals surface area (Å²) < 4.78 is 13.0. The van der Waals surface area contributed by atoms with E-state index in [-0.39, 0.29) is 12.0 Å². The van der Waals surface area contributed by atoms with E-state index in [4.69, 9.17) is 9.26 Å². The van der Waals surface area contributed by atoms with Crippen molar-refractivity contribution in [2.24, 2.45) is 7.05 Å². The minimum Gasteiger partial charge on any atom is -0.376 e. The quantitative estimate of drug-likeness (QED) is 0.789. The van der Waals surface area contributed by atoms with E-state index in [1.165, 1.54) is 0 Å². The highest BCUT2D eigenvalue weighted by Crippen LogP contribution is 2.38. The molecule has 2 aliphatic rings. The molecule has 0 bridgehead atoms. The molecule has 0 aromatic carbocycles. The Balaban J connectivity index is 1.26. The van der Waals surface area contributed by atoms with Crippen LogP contribution in [0.4, 0.5) is 0 Å². The Morgan fingerprint density at radius 3 is 3.04 bits per heavy atom. The molecular formula is C17H23N5O3. The third-order valence-electron chi connectivity index (χ3n) is 4.79. The summed E-state index contributed by atoms with van der Waals surface area (Å²) in [6, 6.07) is 0. The van der Waals surface area contributed by atoms with Gasteiger partial charge in [0, 0.05) is 32.5 Å². The summed E-state index contributed by atoms with van der Waals surface area (Å²) in [7, 11) is 1.83. The van der Waals surface area contributed by atoms with Gasteiger partial charge < -0.3 is 18.7 Å². The molecule has 2 fully saturated rings. The first-order valence-corrected chi connectivity index (χ1v) is 8.90. The van der Waals surface area contributed by atoms with E-state index in [0.717, 1.165) is 38.1 Å². The number of carbonyl (C=O) groups excluding carboxylic acids is 1. The Hall–Kier alpha value is -2.22. The van der Waals surface area contributed by atoms with E-state index in [9.17, 15) is 4.79 Å². The van der Waals surface area contributed by atoms with Gasteiger partial charge >= 0.3 is 0 Å². The molecule has 1 saturated carbocycles. The number of hydrogen-bond donors (Lipinski definition) is 0. The first-order chi connectivity index (χ1) is 12.2. The van der Waals surface area contributed by atoms with Crippen molar-refractivity contribution in [1.29, 1.82) is 0 Å². The molecule has 134 valence electrons. The van der Waals surface area contributed by atoms with Gasteiger partial charge in [-0.1, -0.05) is 5.16 Å². The van der Waals surface area contributed by atoms with E-state index in [0.29, 0.717) is 37.0 Å². The molecular weight excluding hydrogens is 322 g/mol. The summed E-state index contributed by atoms with van der Waals surface area (Å²) in [4.78, 5) is 22.9. The Bertz CT molecular complexity index is 736. The largest absolute Gasteiger partial charge is 0.376 e. The first-order valence-electron chi connectivity index (χ1n) is 8.90. The fraction of sp³-hybridized carbons (Fsp3) is 0.647. The van der Waals surface area contributed by atoms with Gasteiger partial charge in [0.25, 0.3) is 5.91 Å². The van der Waals surface area contributed by atoms with Gasteiger partial charge in [-0.2, -0.15) is 4.98 Å². The standard InChI is InChI=1S/C17H23N5O3/c1-21-11-18-9-14(21)17(23)22-7-2-3-13(10-22)24-8-6-15-19-16(25-20-15)12-4-5-12/h9,11-13H,2-8,10H2,1H3. The minimum absolute atomic E-state index is 0.0144. The lowest BCUT2D eigenvalue weighted by atomic mass is 10.1. The smallest absolute Gasteiger partial charge is 0.272 e. The van der Waals surface area contributed by atoms with Crippen molar-refractivity contribution in [2.75, 3.05) is 19.7 Å². The van der Waals surface area contributed by atoms with Gasteiger partial charge in [0.1, 0.15) is 5.69 Å². The molecule has 8 nitrogen and oxygen atoms in total. The highest BCUT2D eigenvalue weighted by Gasteiger charge is 2.30. The molecule has 1 unspecified atom stereocenters. The van der Waals surface area contributed by atoms with E-state index < -0.39 is 0 Å². The average Bonchev–Trinajstić information content (AvgIpc) is 3.22. The highest BCUT2D eigenvalue weighted by atomic mass is 16.5. The van der Waals surface area contributed by atoms with Crippen molar-refractivity contribution < 1.29 is 14.1 Å². The van der Waals surface area contributed by atoms with Gasteiger partial charge in [0.2, 0.25) is 5.89 Å². The maximum absolute atomic E-state index is 12.6. The van der Waals surface area contributed by atoms with Crippen LogP contribution < -0.4 is 0 Å². The van der Waals surface area contributed by atoms with Crippen LogP contribution in [0.2, 0.25) is 0 Å². The summed E-state index contributed by atoms with van der Waals surface area (Å²) in [5, 5.41) is 4.01. The fourth-order valence-electron chi connectivity index (χ4n) is 3.17. The maximum Gasteiger partial charge on any atom is 0.272 e. The van der Waals surface area contributed by atoms with Crippen molar-refractivity contribution in [3.05, 3.63) is 29.9 Å². The Morgan fingerprint density at radius 1 is 1.40 bits per heavy atom. The number of hydrogen-bond acceptors (Lipinski definition) is 6. The lowest BCUT2D eigenvalue weighted by Crippen LogP contribution is -2.43. The van der Waals surface area contributed by atoms with Crippen molar-refractivity contribution >= 4 is 5.91 Å². The van der Waals surface area contributed by atoms with Gasteiger partial charge in [-0.3, -0.25) is 4.79 Å². The average molecular weight is 345 g/mol. The number of nitrogens with zero attached hydrogens (tertiary/aromatic N) is 5. The molecule has 1 saturated heterocycles. The molecule has 0 radical (unpaired) electrons. The SMILES string of the molecule is Cn1cncc1C(=O)N1CCCC(OCCc2noc(C3CC3)n2)C1.